The standard InChI is InChI=1S/C9H11N.C4H10/c1-2-6-9-8(4-1)5-3-7-10-9;1-4(2)3/h1-2,4,6,10H,3,5,7H2;4H,1-3H3. The molecule has 14 heavy (non-hydrogen) atoms. The van der Waals surface area contributed by atoms with Gasteiger partial charge in [0.05, 0.1) is 0 Å². The lowest BCUT2D eigenvalue weighted by Crippen LogP contribution is -2.10. The summed E-state index contributed by atoms with van der Waals surface area (Å²) in [6.45, 7) is 7.64. The van der Waals surface area contributed by atoms with Gasteiger partial charge in [-0.05, 0) is 30.4 Å². The van der Waals surface area contributed by atoms with Crippen LogP contribution in [0.4, 0.5) is 5.69 Å². The molecular weight excluding hydrogens is 170 g/mol. The van der Waals surface area contributed by atoms with Crippen LogP contribution in [0, 0.1) is 5.92 Å². The first-order chi connectivity index (χ1) is 6.70. The fourth-order valence-corrected chi connectivity index (χ4v) is 1.41. The van der Waals surface area contributed by atoms with Crippen LogP contribution in [-0.4, -0.2) is 6.54 Å². The molecule has 0 atom stereocenters. The van der Waals surface area contributed by atoms with Crippen LogP contribution in [-0.2, 0) is 6.42 Å². The summed E-state index contributed by atoms with van der Waals surface area (Å²) in [5.41, 5.74) is 2.79. The smallest absolute Gasteiger partial charge is 0.0372 e. The molecule has 1 aliphatic rings. The zero-order valence-corrected chi connectivity index (χ0v) is 9.51. The van der Waals surface area contributed by atoms with E-state index in [1.54, 1.807) is 0 Å². The molecule has 0 unspecified atom stereocenters. The highest BCUT2D eigenvalue weighted by molar-refractivity contribution is 5.52. The summed E-state index contributed by atoms with van der Waals surface area (Å²) in [5.74, 6) is 0.833. The molecule has 1 aromatic carbocycles. The van der Waals surface area contributed by atoms with Crippen LogP contribution in [0.15, 0.2) is 24.3 Å². The fourth-order valence-electron chi connectivity index (χ4n) is 1.41. The Balaban J connectivity index is 0.000000213. The fraction of sp³-hybridized carbons (Fsp3) is 0.538. The first kappa shape index (κ1) is 11.1. The summed E-state index contributed by atoms with van der Waals surface area (Å²) in [6, 6.07) is 8.53. The Hall–Kier alpha value is -0.980. The predicted molar refractivity (Wildman–Crippen MR) is 63.8 cm³/mol. The van der Waals surface area contributed by atoms with E-state index in [0.717, 1.165) is 12.5 Å². The van der Waals surface area contributed by atoms with Crippen LogP contribution in [0.1, 0.15) is 32.8 Å². The molecule has 1 heteroatoms. The summed E-state index contributed by atoms with van der Waals surface area (Å²) in [6.07, 6.45) is 2.51. The summed E-state index contributed by atoms with van der Waals surface area (Å²) >= 11 is 0. The minimum atomic E-state index is 0.833. The minimum absolute atomic E-state index is 0.833. The lowest BCUT2D eigenvalue weighted by Gasteiger charge is -2.16. The highest BCUT2D eigenvalue weighted by Crippen LogP contribution is 2.19. The van der Waals surface area contributed by atoms with Gasteiger partial charge in [0.25, 0.3) is 0 Å². The van der Waals surface area contributed by atoms with Crippen LogP contribution < -0.4 is 5.32 Å². The van der Waals surface area contributed by atoms with Gasteiger partial charge in [-0.1, -0.05) is 39.0 Å². The first-order valence-electron chi connectivity index (χ1n) is 5.52. The van der Waals surface area contributed by atoms with Crippen molar-refractivity contribution in [1.82, 2.24) is 0 Å². The van der Waals surface area contributed by atoms with Crippen molar-refractivity contribution in [3.8, 4) is 0 Å². The average Bonchev–Trinajstić information content (AvgIpc) is 2.17. The molecule has 0 aliphatic carbocycles. The highest BCUT2D eigenvalue weighted by Gasteiger charge is 2.04. The summed E-state index contributed by atoms with van der Waals surface area (Å²) < 4.78 is 0. The van der Waals surface area contributed by atoms with Crippen molar-refractivity contribution in [1.29, 1.82) is 0 Å². The van der Waals surface area contributed by atoms with Crippen molar-refractivity contribution in [2.45, 2.75) is 33.6 Å². The summed E-state index contributed by atoms with van der Waals surface area (Å²) in [4.78, 5) is 0. The molecule has 78 valence electrons. The number of aryl methyl sites for hydroxylation is 1. The van der Waals surface area contributed by atoms with E-state index in [4.69, 9.17) is 0 Å². The van der Waals surface area contributed by atoms with Gasteiger partial charge in [-0.2, -0.15) is 0 Å². The van der Waals surface area contributed by atoms with Crippen molar-refractivity contribution in [2.75, 3.05) is 11.9 Å². The number of anilines is 1. The van der Waals surface area contributed by atoms with Crippen LogP contribution in [0.25, 0.3) is 0 Å². The second-order valence-corrected chi connectivity index (χ2v) is 4.42. The third kappa shape index (κ3) is 3.82. The van der Waals surface area contributed by atoms with E-state index in [-0.39, 0.29) is 0 Å². The Morgan fingerprint density at radius 1 is 1.14 bits per heavy atom. The van der Waals surface area contributed by atoms with E-state index < -0.39 is 0 Å². The van der Waals surface area contributed by atoms with Gasteiger partial charge in [0.2, 0.25) is 0 Å². The molecule has 0 amide bonds. The number of nitrogens with one attached hydrogen (secondary N) is 1. The van der Waals surface area contributed by atoms with E-state index in [9.17, 15) is 0 Å². The maximum Gasteiger partial charge on any atom is 0.0372 e. The summed E-state index contributed by atoms with van der Waals surface area (Å²) in [7, 11) is 0. The Morgan fingerprint density at radius 3 is 2.43 bits per heavy atom. The van der Waals surface area contributed by atoms with E-state index in [1.165, 1.54) is 24.1 Å². The molecule has 0 saturated heterocycles. The molecular formula is C13H21N. The van der Waals surface area contributed by atoms with Crippen molar-refractivity contribution >= 4 is 5.69 Å². The van der Waals surface area contributed by atoms with E-state index >= 15 is 0 Å². The Labute approximate surface area is 87.5 Å². The van der Waals surface area contributed by atoms with Crippen LogP contribution >= 0.6 is 0 Å². The van der Waals surface area contributed by atoms with Gasteiger partial charge in [-0.25, -0.2) is 0 Å². The Morgan fingerprint density at radius 2 is 1.79 bits per heavy atom. The minimum Gasteiger partial charge on any atom is -0.385 e. The Bertz CT molecular complexity index is 238. The molecule has 1 heterocycles. The second-order valence-electron chi connectivity index (χ2n) is 4.42. The number of fused-ring (bicyclic) bond motifs is 1. The van der Waals surface area contributed by atoms with Crippen molar-refractivity contribution in [3.63, 3.8) is 0 Å². The first-order valence-corrected chi connectivity index (χ1v) is 5.52. The van der Waals surface area contributed by atoms with Gasteiger partial charge in [0.15, 0.2) is 0 Å². The molecule has 1 aliphatic heterocycles. The molecule has 1 nitrogen and oxygen atoms in total. The van der Waals surface area contributed by atoms with Crippen molar-refractivity contribution < 1.29 is 0 Å². The van der Waals surface area contributed by atoms with Crippen LogP contribution in [0.3, 0.4) is 0 Å². The normalized spacial score (nSPS) is 13.7. The molecule has 0 saturated carbocycles. The predicted octanol–water partition coefficient (Wildman–Crippen LogP) is 3.71. The molecule has 0 aromatic heterocycles. The second kappa shape index (κ2) is 5.69. The number of hydrogen-bond donors (Lipinski definition) is 1. The zero-order chi connectivity index (χ0) is 10.4. The SMILES string of the molecule is CC(C)C.c1ccc2c(c1)CCCN2. The quantitative estimate of drug-likeness (QED) is 0.659. The van der Waals surface area contributed by atoms with Gasteiger partial charge >= 0.3 is 0 Å². The van der Waals surface area contributed by atoms with Crippen LogP contribution in [0.2, 0.25) is 0 Å². The molecule has 1 aromatic rings. The third-order valence-electron chi connectivity index (χ3n) is 1.96. The van der Waals surface area contributed by atoms with Gasteiger partial charge in [-0.15, -0.1) is 0 Å². The maximum atomic E-state index is 3.36. The molecule has 1 N–H and O–H groups in total. The maximum absolute atomic E-state index is 3.36. The Kier molecular flexibility index (Phi) is 4.51. The van der Waals surface area contributed by atoms with E-state index in [0.29, 0.717) is 0 Å². The van der Waals surface area contributed by atoms with Crippen molar-refractivity contribution in [2.24, 2.45) is 5.92 Å². The highest BCUT2D eigenvalue weighted by atomic mass is 14.9. The van der Waals surface area contributed by atoms with E-state index in [2.05, 4.69) is 50.4 Å². The number of hydrogen-bond acceptors (Lipinski definition) is 1. The lowest BCUT2D eigenvalue weighted by molar-refractivity contribution is 0.737. The lowest BCUT2D eigenvalue weighted by atomic mass is 10.0. The number of benzene rings is 1. The number of rotatable bonds is 0. The molecule has 0 fully saturated rings. The molecule has 0 spiro atoms. The molecule has 0 radical (unpaired) electrons. The molecule has 0 bridgehead atoms. The van der Waals surface area contributed by atoms with Crippen molar-refractivity contribution in [3.05, 3.63) is 29.8 Å². The monoisotopic (exact) mass is 191 g/mol. The zero-order valence-electron chi connectivity index (χ0n) is 9.51. The third-order valence-corrected chi connectivity index (χ3v) is 1.96. The van der Waals surface area contributed by atoms with E-state index in [1.807, 2.05) is 0 Å². The van der Waals surface area contributed by atoms with Gasteiger partial charge in [-0.3, -0.25) is 0 Å². The number of para-hydroxylation sites is 1. The largest absolute Gasteiger partial charge is 0.385 e. The average molecular weight is 191 g/mol. The summed E-state index contributed by atoms with van der Waals surface area (Å²) in [5, 5.41) is 3.36. The topological polar surface area (TPSA) is 12.0 Å². The van der Waals surface area contributed by atoms with Crippen LogP contribution in [0.5, 0.6) is 0 Å². The van der Waals surface area contributed by atoms with Gasteiger partial charge in [0.1, 0.15) is 0 Å². The van der Waals surface area contributed by atoms with Gasteiger partial charge < -0.3 is 5.32 Å². The molecule has 2 rings (SSSR count). The van der Waals surface area contributed by atoms with Gasteiger partial charge in [0, 0.05) is 12.2 Å².